The van der Waals surface area contributed by atoms with Crippen LogP contribution in [-0.4, -0.2) is 59.2 Å². The van der Waals surface area contributed by atoms with Gasteiger partial charge in [-0.05, 0) is 30.7 Å². The number of nitrogens with zero attached hydrogens (tertiary/aromatic N) is 4. The highest BCUT2D eigenvalue weighted by molar-refractivity contribution is 5.98. The molecule has 3 rings (SSSR count). The SMILES string of the molecule is N#C[C@H]1CCN(C(=O)OC(CF)CF)C[C@@H]1n1cc(C(N)=O)c(Nc2ccc(F)cc2)n1. The van der Waals surface area contributed by atoms with E-state index in [2.05, 4.69) is 16.5 Å². The zero-order valence-electron chi connectivity index (χ0n) is 16.9. The van der Waals surface area contributed by atoms with Gasteiger partial charge >= 0.3 is 6.09 Å². The van der Waals surface area contributed by atoms with Crippen LogP contribution in [0.5, 0.6) is 0 Å². The van der Waals surface area contributed by atoms with Crippen LogP contribution in [0.2, 0.25) is 0 Å². The number of alkyl halides is 2. The molecule has 3 N–H and O–H groups in total. The number of nitrogens with one attached hydrogen (secondary N) is 1. The Labute approximate surface area is 181 Å². The molecule has 2 heterocycles. The molecule has 0 aliphatic carbocycles. The number of likely N-dealkylation sites (tertiary alicyclic amines) is 1. The predicted molar refractivity (Wildman–Crippen MR) is 107 cm³/mol. The number of benzene rings is 1. The van der Waals surface area contributed by atoms with Crippen molar-refractivity contribution >= 4 is 23.5 Å². The summed E-state index contributed by atoms with van der Waals surface area (Å²) in [7, 11) is 0. The number of rotatable bonds is 7. The average molecular weight is 450 g/mol. The van der Waals surface area contributed by atoms with E-state index in [9.17, 15) is 28.0 Å². The molecule has 0 radical (unpaired) electrons. The Bertz CT molecular complexity index is 1000. The molecule has 0 saturated carbocycles. The van der Waals surface area contributed by atoms with Gasteiger partial charge in [0.1, 0.15) is 24.7 Å². The van der Waals surface area contributed by atoms with Gasteiger partial charge in [0.15, 0.2) is 11.9 Å². The molecule has 0 spiro atoms. The predicted octanol–water partition coefficient (Wildman–Crippen LogP) is 2.70. The number of nitrogens with two attached hydrogens (primary N) is 1. The van der Waals surface area contributed by atoms with Crippen LogP contribution in [0.15, 0.2) is 30.5 Å². The van der Waals surface area contributed by atoms with Gasteiger partial charge in [-0.15, -0.1) is 0 Å². The number of anilines is 2. The first-order valence-electron chi connectivity index (χ1n) is 9.74. The maximum absolute atomic E-state index is 13.2. The van der Waals surface area contributed by atoms with Crippen molar-refractivity contribution < 1.29 is 27.5 Å². The van der Waals surface area contributed by atoms with Crippen molar-refractivity contribution in [3.63, 3.8) is 0 Å². The van der Waals surface area contributed by atoms with E-state index in [0.717, 1.165) is 0 Å². The number of aromatic nitrogens is 2. The lowest BCUT2D eigenvalue weighted by atomic mass is 9.93. The number of carbonyl (C=O) groups excluding carboxylic acids is 2. The Morgan fingerprint density at radius 2 is 2.00 bits per heavy atom. The summed E-state index contributed by atoms with van der Waals surface area (Å²) in [6, 6.07) is 6.82. The summed E-state index contributed by atoms with van der Waals surface area (Å²) < 4.78 is 44.7. The molecule has 1 aliphatic heterocycles. The molecule has 1 aromatic carbocycles. The normalized spacial score (nSPS) is 18.3. The number of halogens is 3. The molecule has 2 atom stereocenters. The maximum Gasteiger partial charge on any atom is 0.410 e. The summed E-state index contributed by atoms with van der Waals surface area (Å²) in [5.41, 5.74) is 5.93. The Kier molecular flexibility index (Phi) is 7.19. The Morgan fingerprint density at radius 3 is 2.59 bits per heavy atom. The fraction of sp³-hybridized carbons (Fsp3) is 0.400. The third kappa shape index (κ3) is 5.11. The van der Waals surface area contributed by atoms with Crippen molar-refractivity contribution in [3.05, 3.63) is 41.8 Å². The quantitative estimate of drug-likeness (QED) is 0.668. The number of ether oxygens (including phenoxy) is 1. The third-order valence-corrected chi connectivity index (χ3v) is 5.06. The Balaban J connectivity index is 1.85. The van der Waals surface area contributed by atoms with Gasteiger partial charge in [-0.3, -0.25) is 9.48 Å². The van der Waals surface area contributed by atoms with Gasteiger partial charge < -0.3 is 20.7 Å². The van der Waals surface area contributed by atoms with Gasteiger partial charge in [-0.25, -0.2) is 18.0 Å². The van der Waals surface area contributed by atoms with Crippen molar-refractivity contribution in [2.75, 3.05) is 31.8 Å². The highest BCUT2D eigenvalue weighted by atomic mass is 19.1. The van der Waals surface area contributed by atoms with Crippen molar-refractivity contribution in [1.82, 2.24) is 14.7 Å². The minimum Gasteiger partial charge on any atom is -0.441 e. The largest absolute Gasteiger partial charge is 0.441 e. The summed E-state index contributed by atoms with van der Waals surface area (Å²) in [6.45, 7) is -2.18. The standard InChI is InChI=1S/C20H21F3N6O3/c21-7-15(8-22)32-20(31)28-6-5-12(9-24)17(11-28)29-10-16(18(25)30)19(27-29)26-14-3-1-13(23)2-4-14/h1-4,10,12,15,17H,5-8,11H2,(H2,25,30)(H,26,27)/t12-,17+/m1/s1. The number of carbonyl (C=O) groups is 2. The second-order valence-electron chi connectivity index (χ2n) is 7.22. The summed E-state index contributed by atoms with van der Waals surface area (Å²) in [6.07, 6.45) is -0.784. The van der Waals surface area contributed by atoms with E-state index < -0.39 is 49.2 Å². The van der Waals surface area contributed by atoms with Crippen molar-refractivity contribution in [3.8, 4) is 6.07 Å². The Hall–Kier alpha value is -3.75. The molecule has 1 aromatic heterocycles. The molecule has 9 nitrogen and oxygen atoms in total. The van der Waals surface area contributed by atoms with Gasteiger partial charge in [0, 0.05) is 25.0 Å². The highest BCUT2D eigenvalue weighted by Crippen LogP contribution is 2.30. The lowest BCUT2D eigenvalue weighted by Gasteiger charge is -2.35. The van der Waals surface area contributed by atoms with Crippen molar-refractivity contribution in [1.29, 1.82) is 5.26 Å². The molecule has 0 bridgehead atoms. The van der Waals surface area contributed by atoms with E-state index in [0.29, 0.717) is 5.69 Å². The first-order chi connectivity index (χ1) is 15.4. The van der Waals surface area contributed by atoms with Crippen LogP contribution in [0.3, 0.4) is 0 Å². The van der Waals surface area contributed by atoms with Gasteiger partial charge in [-0.1, -0.05) is 0 Å². The lowest BCUT2D eigenvalue weighted by molar-refractivity contribution is 0.0266. The summed E-state index contributed by atoms with van der Waals surface area (Å²) in [4.78, 5) is 25.4. The van der Waals surface area contributed by atoms with Crippen LogP contribution in [0, 0.1) is 23.1 Å². The molecule has 1 saturated heterocycles. The summed E-state index contributed by atoms with van der Waals surface area (Å²) >= 11 is 0. The number of hydrogen-bond donors (Lipinski definition) is 2. The second kappa shape index (κ2) is 10.0. The molecule has 12 heteroatoms. The third-order valence-electron chi connectivity index (χ3n) is 5.06. The van der Waals surface area contributed by atoms with Crippen LogP contribution in [0.25, 0.3) is 0 Å². The number of hydrogen-bond acceptors (Lipinski definition) is 6. The maximum atomic E-state index is 13.2. The molecule has 1 aliphatic rings. The lowest BCUT2D eigenvalue weighted by Crippen LogP contribution is -2.46. The summed E-state index contributed by atoms with van der Waals surface area (Å²) in [5.74, 6) is -1.69. The molecule has 32 heavy (non-hydrogen) atoms. The first-order valence-corrected chi connectivity index (χ1v) is 9.74. The molecule has 1 fully saturated rings. The van der Waals surface area contributed by atoms with E-state index in [1.165, 1.54) is 40.0 Å². The molecule has 170 valence electrons. The van der Waals surface area contributed by atoms with Gasteiger partial charge in [-0.2, -0.15) is 10.4 Å². The van der Waals surface area contributed by atoms with E-state index >= 15 is 0 Å². The zero-order chi connectivity index (χ0) is 23.3. The van der Waals surface area contributed by atoms with Crippen molar-refractivity contribution in [2.24, 2.45) is 11.7 Å². The van der Waals surface area contributed by atoms with Crippen LogP contribution >= 0.6 is 0 Å². The minimum atomic E-state index is -1.49. The fourth-order valence-electron chi connectivity index (χ4n) is 3.34. The van der Waals surface area contributed by atoms with E-state index in [1.54, 1.807) is 0 Å². The van der Waals surface area contributed by atoms with Crippen molar-refractivity contribution in [2.45, 2.75) is 18.6 Å². The number of piperidine rings is 1. The Morgan fingerprint density at radius 1 is 1.31 bits per heavy atom. The van der Waals surface area contributed by atoms with Crippen LogP contribution < -0.4 is 11.1 Å². The molecule has 2 aromatic rings. The molecular formula is C20H21F3N6O3. The number of amides is 2. The minimum absolute atomic E-state index is 0.0284. The first kappa shape index (κ1) is 22.9. The van der Waals surface area contributed by atoms with Crippen LogP contribution in [0.1, 0.15) is 22.8 Å². The number of primary amides is 1. The monoisotopic (exact) mass is 450 g/mol. The molecular weight excluding hydrogens is 429 g/mol. The van der Waals surface area contributed by atoms with Gasteiger partial charge in [0.2, 0.25) is 0 Å². The van der Waals surface area contributed by atoms with Gasteiger partial charge in [0.25, 0.3) is 5.91 Å². The average Bonchev–Trinajstić information content (AvgIpc) is 3.22. The second-order valence-corrected chi connectivity index (χ2v) is 7.22. The van der Waals surface area contributed by atoms with E-state index in [4.69, 9.17) is 10.5 Å². The highest BCUT2D eigenvalue weighted by Gasteiger charge is 2.35. The topological polar surface area (TPSA) is 126 Å². The molecule has 0 unspecified atom stereocenters. The summed E-state index contributed by atoms with van der Waals surface area (Å²) in [5, 5.41) is 16.7. The smallest absolute Gasteiger partial charge is 0.410 e. The number of nitriles is 1. The van der Waals surface area contributed by atoms with Crippen LogP contribution in [0.4, 0.5) is 29.5 Å². The molecule has 2 amide bonds. The van der Waals surface area contributed by atoms with E-state index in [1.807, 2.05) is 0 Å². The van der Waals surface area contributed by atoms with Crippen LogP contribution in [-0.2, 0) is 4.74 Å². The van der Waals surface area contributed by atoms with Gasteiger partial charge in [0.05, 0.1) is 18.0 Å². The fourth-order valence-corrected chi connectivity index (χ4v) is 3.34. The van der Waals surface area contributed by atoms with E-state index in [-0.39, 0.29) is 30.9 Å². The zero-order valence-corrected chi connectivity index (χ0v) is 16.9.